The first-order chi connectivity index (χ1) is 12.7. The molecule has 0 aliphatic rings. The highest BCUT2D eigenvalue weighted by Crippen LogP contribution is 2.21. The molecule has 4 nitrogen and oxygen atoms in total. The van der Waals surface area contributed by atoms with Crippen LogP contribution in [0, 0.1) is 5.82 Å². The minimum Gasteiger partial charge on any atom is -0.383 e. The molecular formula is C19H17ClFN3OS. The van der Waals surface area contributed by atoms with E-state index >= 15 is 0 Å². The van der Waals surface area contributed by atoms with E-state index in [-0.39, 0.29) is 5.82 Å². The molecule has 0 atom stereocenters. The normalized spacial score (nSPS) is 12.2. The fraction of sp³-hybridized carbons (Fsp3) is 0.158. The number of benzene rings is 2. The Balaban J connectivity index is 2.04. The van der Waals surface area contributed by atoms with Gasteiger partial charge in [-0.2, -0.15) is 5.10 Å². The number of aromatic nitrogens is 1. The highest BCUT2D eigenvalue weighted by Gasteiger charge is 2.08. The first-order valence-corrected chi connectivity index (χ1v) is 9.19. The van der Waals surface area contributed by atoms with Crippen molar-refractivity contribution >= 4 is 29.2 Å². The second kappa shape index (κ2) is 8.89. The SMILES string of the molecule is COCCN=c1scc(-c2ccc(F)cc2)n1/N=C\c1ccccc1Cl. The molecule has 0 saturated heterocycles. The highest BCUT2D eigenvalue weighted by molar-refractivity contribution is 7.07. The minimum absolute atomic E-state index is 0.278. The van der Waals surface area contributed by atoms with E-state index in [0.29, 0.717) is 18.2 Å². The lowest BCUT2D eigenvalue weighted by Gasteiger charge is -2.04. The summed E-state index contributed by atoms with van der Waals surface area (Å²) >= 11 is 7.67. The van der Waals surface area contributed by atoms with Gasteiger partial charge >= 0.3 is 0 Å². The fourth-order valence-electron chi connectivity index (χ4n) is 2.27. The lowest BCUT2D eigenvalue weighted by Crippen LogP contribution is -2.13. The van der Waals surface area contributed by atoms with Crippen LogP contribution in [0.3, 0.4) is 0 Å². The molecule has 0 bridgehead atoms. The number of rotatable bonds is 6. The van der Waals surface area contributed by atoms with Crippen molar-refractivity contribution < 1.29 is 9.13 Å². The summed E-state index contributed by atoms with van der Waals surface area (Å²) in [6, 6.07) is 13.8. The molecule has 0 N–H and O–H groups in total. The van der Waals surface area contributed by atoms with Gasteiger partial charge < -0.3 is 4.74 Å². The van der Waals surface area contributed by atoms with E-state index in [2.05, 4.69) is 10.1 Å². The number of nitrogens with zero attached hydrogens (tertiary/aromatic N) is 3. The van der Waals surface area contributed by atoms with Crippen LogP contribution in [0.1, 0.15) is 5.56 Å². The van der Waals surface area contributed by atoms with E-state index in [4.69, 9.17) is 16.3 Å². The van der Waals surface area contributed by atoms with Gasteiger partial charge in [0, 0.05) is 28.6 Å². The van der Waals surface area contributed by atoms with Crippen LogP contribution >= 0.6 is 22.9 Å². The molecule has 0 spiro atoms. The third kappa shape index (κ3) is 4.46. The van der Waals surface area contributed by atoms with Crippen LogP contribution in [0.5, 0.6) is 0 Å². The quantitative estimate of drug-likeness (QED) is 0.453. The fourth-order valence-corrected chi connectivity index (χ4v) is 3.32. The van der Waals surface area contributed by atoms with Gasteiger partial charge in [-0.3, -0.25) is 4.99 Å². The monoisotopic (exact) mass is 389 g/mol. The molecule has 3 rings (SSSR count). The van der Waals surface area contributed by atoms with E-state index in [1.807, 2.05) is 29.6 Å². The van der Waals surface area contributed by atoms with Crippen LogP contribution < -0.4 is 4.80 Å². The molecular weight excluding hydrogens is 373 g/mol. The van der Waals surface area contributed by atoms with Gasteiger partial charge in [-0.1, -0.05) is 29.8 Å². The van der Waals surface area contributed by atoms with Crippen molar-refractivity contribution in [2.75, 3.05) is 20.3 Å². The average Bonchev–Trinajstić information content (AvgIpc) is 3.05. The number of hydrogen-bond acceptors (Lipinski definition) is 4. The molecule has 134 valence electrons. The topological polar surface area (TPSA) is 38.9 Å². The summed E-state index contributed by atoms with van der Waals surface area (Å²) in [5, 5.41) is 7.13. The molecule has 0 aliphatic carbocycles. The standard InChI is InChI=1S/C19H17ClFN3OS/c1-25-11-10-22-19-24(23-12-15-4-2-3-5-17(15)20)18(13-26-19)14-6-8-16(21)9-7-14/h2-9,12-13H,10-11H2,1H3/b22-19?,23-12-. The first-order valence-electron chi connectivity index (χ1n) is 7.94. The number of hydrogen-bond donors (Lipinski definition) is 0. The predicted octanol–water partition coefficient (Wildman–Crippen LogP) is 4.44. The Morgan fingerprint density at radius 1 is 1.19 bits per heavy atom. The first kappa shape index (κ1) is 18.5. The Hall–Kier alpha value is -2.28. The molecule has 3 aromatic rings. The zero-order valence-electron chi connectivity index (χ0n) is 14.1. The number of thiazole rings is 1. The predicted molar refractivity (Wildman–Crippen MR) is 104 cm³/mol. The lowest BCUT2D eigenvalue weighted by atomic mass is 10.2. The zero-order chi connectivity index (χ0) is 18.4. The summed E-state index contributed by atoms with van der Waals surface area (Å²) in [6.07, 6.45) is 1.69. The van der Waals surface area contributed by atoms with Crippen molar-refractivity contribution in [1.82, 2.24) is 4.68 Å². The van der Waals surface area contributed by atoms with Gasteiger partial charge in [0.05, 0.1) is 25.1 Å². The molecule has 2 aromatic carbocycles. The second-order valence-corrected chi connectivity index (χ2v) is 6.61. The number of halogens is 2. The lowest BCUT2D eigenvalue weighted by molar-refractivity contribution is 0.207. The minimum atomic E-state index is -0.278. The van der Waals surface area contributed by atoms with Gasteiger partial charge in [-0.15, -0.1) is 11.3 Å². The van der Waals surface area contributed by atoms with Gasteiger partial charge in [0.1, 0.15) is 5.82 Å². The summed E-state index contributed by atoms with van der Waals surface area (Å²) < 4.78 is 20.0. The summed E-state index contributed by atoms with van der Waals surface area (Å²) in [4.78, 5) is 5.26. The van der Waals surface area contributed by atoms with Crippen LogP contribution in [-0.2, 0) is 4.74 Å². The van der Waals surface area contributed by atoms with Gasteiger partial charge in [0.25, 0.3) is 0 Å². The Morgan fingerprint density at radius 2 is 1.96 bits per heavy atom. The van der Waals surface area contributed by atoms with E-state index in [0.717, 1.165) is 21.6 Å². The van der Waals surface area contributed by atoms with Crippen molar-refractivity contribution in [2.45, 2.75) is 0 Å². The summed E-state index contributed by atoms with van der Waals surface area (Å²) in [6.45, 7) is 1.06. The summed E-state index contributed by atoms with van der Waals surface area (Å²) in [5.41, 5.74) is 2.49. The maximum Gasteiger partial charge on any atom is 0.206 e. The van der Waals surface area contributed by atoms with Gasteiger partial charge in [0.15, 0.2) is 0 Å². The van der Waals surface area contributed by atoms with Gasteiger partial charge in [0.2, 0.25) is 4.80 Å². The van der Waals surface area contributed by atoms with Crippen LogP contribution in [0.15, 0.2) is 64.0 Å². The molecule has 0 fully saturated rings. The number of ether oxygens (including phenoxy) is 1. The van der Waals surface area contributed by atoms with Crippen molar-refractivity contribution in [3.05, 3.63) is 75.1 Å². The van der Waals surface area contributed by atoms with Crippen molar-refractivity contribution in [2.24, 2.45) is 10.1 Å². The van der Waals surface area contributed by atoms with Crippen molar-refractivity contribution in [3.8, 4) is 11.3 Å². The molecule has 0 aliphatic heterocycles. The van der Waals surface area contributed by atoms with E-state index < -0.39 is 0 Å². The molecule has 0 unspecified atom stereocenters. The Morgan fingerprint density at radius 3 is 2.69 bits per heavy atom. The maximum atomic E-state index is 13.2. The Kier molecular flexibility index (Phi) is 6.33. The molecule has 0 radical (unpaired) electrons. The van der Waals surface area contributed by atoms with E-state index in [1.54, 1.807) is 30.1 Å². The smallest absolute Gasteiger partial charge is 0.206 e. The Labute approximate surface area is 159 Å². The van der Waals surface area contributed by atoms with Crippen LogP contribution in [-0.4, -0.2) is 31.2 Å². The summed E-state index contributed by atoms with van der Waals surface area (Å²) in [7, 11) is 1.64. The highest BCUT2D eigenvalue weighted by atomic mass is 35.5. The summed E-state index contributed by atoms with van der Waals surface area (Å²) in [5.74, 6) is -0.278. The molecule has 26 heavy (non-hydrogen) atoms. The van der Waals surface area contributed by atoms with Crippen LogP contribution in [0.2, 0.25) is 5.02 Å². The zero-order valence-corrected chi connectivity index (χ0v) is 15.7. The third-order valence-electron chi connectivity index (χ3n) is 3.59. The maximum absolute atomic E-state index is 13.2. The molecule has 7 heteroatoms. The molecule has 1 heterocycles. The van der Waals surface area contributed by atoms with Crippen LogP contribution in [0.4, 0.5) is 4.39 Å². The second-order valence-electron chi connectivity index (χ2n) is 5.36. The molecule has 1 aromatic heterocycles. The van der Waals surface area contributed by atoms with Crippen molar-refractivity contribution in [1.29, 1.82) is 0 Å². The van der Waals surface area contributed by atoms with Gasteiger partial charge in [-0.05, 0) is 30.3 Å². The van der Waals surface area contributed by atoms with Crippen LogP contribution in [0.25, 0.3) is 11.3 Å². The molecule has 0 amide bonds. The van der Waals surface area contributed by atoms with E-state index in [1.165, 1.54) is 23.5 Å². The third-order valence-corrected chi connectivity index (χ3v) is 4.78. The van der Waals surface area contributed by atoms with E-state index in [9.17, 15) is 4.39 Å². The largest absolute Gasteiger partial charge is 0.383 e. The van der Waals surface area contributed by atoms with Gasteiger partial charge in [-0.25, -0.2) is 9.07 Å². The molecule has 0 saturated carbocycles. The average molecular weight is 390 g/mol. The Bertz CT molecular complexity index is 963. The van der Waals surface area contributed by atoms with Crippen molar-refractivity contribution in [3.63, 3.8) is 0 Å². The number of methoxy groups -OCH3 is 1.